The van der Waals surface area contributed by atoms with Crippen molar-refractivity contribution in [2.75, 3.05) is 0 Å². The smallest absolute Gasteiger partial charge is 0.181 e. The Kier molecular flexibility index (Phi) is 4.45. The van der Waals surface area contributed by atoms with Crippen molar-refractivity contribution < 1.29 is 9.47 Å². The highest BCUT2D eigenvalue weighted by molar-refractivity contribution is 9.10. The van der Waals surface area contributed by atoms with E-state index in [0.717, 1.165) is 15.4 Å². The fourth-order valence-corrected chi connectivity index (χ4v) is 2.43. The topological polar surface area (TPSA) is 55.1 Å². The average molecular weight is 369 g/mol. The molecule has 0 radical (unpaired) electrons. The molecule has 1 unspecified atom stereocenters. The van der Waals surface area contributed by atoms with E-state index in [9.17, 15) is 0 Å². The van der Waals surface area contributed by atoms with Gasteiger partial charge in [-0.25, -0.2) is 0 Å². The lowest BCUT2D eigenvalue weighted by Crippen LogP contribution is -2.07. The van der Waals surface area contributed by atoms with Crippen LogP contribution in [0.25, 0.3) is 10.9 Å². The van der Waals surface area contributed by atoms with Crippen molar-refractivity contribution in [2.45, 2.75) is 13.0 Å². The third-order valence-electron chi connectivity index (χ3n) is 3.18. The van der Waals surface area contributed by atoms with Crippen molar-refractivity contribution in [1.29, 1.82) is 5.26 Å². The molecule has 0 aliphatic rings. The van der Waals surface area contributed by atoms with Gasteiger partial charge in [0.2, 0.25) is 0 Å². The molecule has 1 heterocycles. The summed E-state index contributed by atoms with van der Waals surface area (Å²) in [6.07, 6.45) is 1.21. The van der Waals surface area contributed by atoms with Crippen molar-refractivity contribution >= 4 is 26.8 Å². The van der Waals surface area contributed by atoms with Crippen LogP contribution in [-0.2, 0) is 0 Å². The minimum atomic E-state index is -0.481. The van der Waals surface area contributed by atoms with Gasteiger partial charge in [-0.15, -0.1) is 0 Å². The molecular weight excluding hydrogens is 356 g/mol. The van der Waals surface area contributed by atoms with Crippen LogP contribution in [-0.4, -0.2) is 11.1 Å². The average Bonchev–Trinajstić information content (AvgIpc) is 2.56. The molecule has 1 aromatic heterocycles. The minimum absolute atomic E-state index is 0.481. The third-order valence-corrected chi connectivity index (χ3v) is 3.67. The zero-order valence-corrected chi connectivity index (χ0v) is 13.9. The molecule has 0 saturated heterocycles. The van der Waals surface area contributed by atoms with Gasteiger partial charge in [-0.2, -0.15) is 5.26 Å². The summed E-state index contributed by atoms with van der Waals surface area (Å²) in [5.74, 6) is 1.98. The fraction of sp³-hybridized carbons (Fsp3) is 0.111. The lowest BCUT2D eigenvalue weighted by atomic mass is 10.2. The molecule has 0 amide bonds. The number of fused-ring (bicyclic) bond motifs is 1. The number of rotatable bonds is 4. The molecule has 0 fully saturated rings. The summed E-state index contributed by atoms with van der Waals surface area (Å²) in [7, 11) is 0. The van der Waals surface area contributed by atoms with E-state index in [1.54, 1.807) is 37.4 Å². The summed E-state index contributed by atoms with van der Waals surface area (Å²) in [5, 5.41) is 9.75. The molecule has 1 atom stereocenters. The van der Waals surface area contributed by atoms with Gasteiger partial charge in [-0.05, 0) is 49.4 Å². The van der Waals surface area contributed by atoms with Crippen LogP contribution in [0.15, 0.2) is 59.2 Å². The Balaban J connectivity index is 1.76. The van der Waals surface area contributed by atoms with Crippen molar-refractivity contribution in [3.8, 4) is 23.3 Å². The second-order valence-electron chi connectivity index (χ2n) is 4.97. The van der Waals surface area contributed by atoms with Crippen LogP contribution < -0.4 is 9.47 Å². The first kappa shape index (κ1) is 15.3. The number of benzene rings is 2. The largest absolute Gasteiger partial charge is 0.476 e. The molecule has 3 aromatic rings. The Morgan fingerprint density at radius 3 is 2.52 bits per heavy atom. The van der Waals surface area contributed by atoms with Gasteiger partial charge < -0.3 is 9.47 Å². The number of nitriles is 1. The van der Waals surface area contributed by atoms with Crippen molar-refractivity contribution in [3.05, 3.63) is 59.2 Å². The molecule has 0 aliphatic heterocycles. The molecule has 23 heavy (non-hydrogen) atoms. The number of hydrogen-bond acceptors (Lipinski definition) is 4. The number of hydrogen-bond donors (Lipinski definition) is 0. The summed E-state index contributed by atoms with van der Waals surface area (Å²) < 4.78 is 12.2. The molecule has 5 heteroatoms. The Hall–Kier alpha value is -2.58. The van der Waals surface area contributed by atoms with E-state index in [-0.39, 0.29) is 0 Å². The molecule has 114 valence electrons. The van der Waals surface area contributed by atoms with Crippen LogP contribution in [0.5, 0.6) is 17.2 Å². The zero-order valence-electron chi connectivity index (χ0n) is 12.4. The fourth-order valence-electron chi connectivity index (χ4n) is 2.08. The molecule has 0 aliphatic carbocycles. The number of nitrogens with zero attached hydrogens (tertiary/aromatic N) is 2. The normalized spacial score (nSPS) is 11.7. The summed E-state index contributed by atoms with van der Waals surface area (Å²) in [5.41, 5.74) is 0.904. The minimum Gasteiger partial charge on any atom is -0.476 e. The Bertz CT molecular complexity index is 872. The van der Waals surface area contributed by atoms with Crippen molar-refractivity contribution in [1.82, 2.24) is 4.98 Å². The molecule has 0 bridgehead atoms. The Labute approximate surface area is 142 Å². The molecule has 0 N–H and O–H groups in total. The van der Waals surface area contributed by atoms with Crippen LogP contribution in [0, 0.1) is 11.3 Å². The van der Waals surface area contributed by atoms with Crippen molar-refractivity contribution in [3.63, 3.8) is 0 Å². The maximum Gasteiger partial charge on any atom is 0.181 e. The molecule has 0 spiro atoms. The van der Waals surface area contributed by atoms with Crippen molar-refractivity contribution in [2.24, 2.45) is 0 Å². The van der Waals surface area contributed by atoms with Crippen LogP contribution in [0.2, 0.25) is 0 Å². The van der Waals surface area contributed by atoms with Crippen LogP contribution >= 0.6 is 15.9 Å². The second kappa shape index (κ2) is 6.67. The lowest BCUT2D eigenvalue weighted by molar-refractivity contribution is 0.276. The van der Waals surface area contributed by atoms with Crippen LogP contribution in [0.1, 0.15) is 6.92 Å². The molecular formula is C18H13BrN2O2. The van der Waals surface area contributed by atoms with Gasteiger partial charge in [-0.3, -0.25) is 4.98 Å². The second-order valence-corrected chi connectivity index (χ2v) is 5.89. The number of pyridine rings is 1. The van der Waals surface area contributed by atoms with E-state index < -0.39 is 6.10 Å². The van der Waals surface area contributed by atoms with E-state index in [1.807, 2.05) is 30.3 Å². The first-order valence-electron chi connectivity index (χ1n) is 7.03. The highest BCUT2D eigenvalue weighted by Gasteiger charge is 2.04. The van der Waals surface area contributed by atoms with Gasteiger partial charge in [0.25, 0.3) is 0 Å². The van der Waals surface area contributed by atoms with Gasteiger partial charge >= 0.3 is 0 Å². The molecule has 2 aromatic carbocycles. The van der Waals surface area contributed by atoms with Crippen LogP contribution in [0.3, 0.4) is 0 Å². The Morgan fingerprint density at radius 2 is 1.78 bits per heavy atom. The van der Waals surface area contributed by atoms with Crippen LogP contribution in [0.4, 0.5) is 0 Å². The molecule has 3 rings (SSSR count). The predicted octanol–water partition coefficient (Wildman–Crippen LogP) is 5.08. The highest BCUT2D eigenvalue weighted by Crippen LogP contribution is 2.27. The SMILES string of the molecule is CC(C#N)Oc1ccc(Oc2cnc3cc(Br)ccc3c2)cc1. The van der Waals surface area contributed by atoms with E-state index in [2.05, 4.69) is 20.9 Å². The van der Waals surface area contributed by atoms with Gasteiger partial charge in [-0.1, -0.05) is 22.0 Å². The van der Waals surface area contributed by atoms with E-state index in [4.69, 9.17) is 14.7 Å². The maximum absolute atomic E-state index is 8.74. The van der Waals surface area contributed by atoms with Gasteiger partial charge in [0.05, 0.1) is 11.7 Å². The zero-order chi connectivity index (χ0) is 16.2. The van der Waals surface area contributed by atoms with Gasteiger partial charge in [0.1, 0.15) is 23.3 Å². The third kappa shape index (κ3) is 3.79. The lowest BCUT2D eigenvalue weighted by Gasteiger charge is -2.09. The summed E-state index contributed by atoms with van der Waals surface area (Å²) >= 11 is 3.43. The number of halogens is 1. The monoisotopic (exact) mass is 368 g/mol. The first-order valence-corrected chi connectivity index (χ1v) is 7.83. The molecule has 0 saturated carbocycles. The van der Waals surface area contributed by atoms with E-state index in [1.165, 1.54) is 0 Å². The first-order chi connectivity index (χ1) is 11.1. The summed E-state index contributed by atoms with van der Waals surface area (Å²) in [6.45, 7) is 1.70. The van der Waals surface area contributed by atoms with Gasteiger partial charge in [0.15, 0.2) is 6.10 Å². The molecule has 4 nitrogen and oxygen atoms in total. The summed E-state index contributed by atoms with van der Waals surface area (Å²) in [4.78, 5) is 4.39. The highest BCUT2D eigenvalue weighted by atomic mass is 79.9. The number of aromatic nitrogens is 1. The van der Waals surface area contributed by atoms with E-state index >= 15 is 0 Å². The standard InChI is InChI=1S/C18H13BrN2O2/c1-12(10-20)22-15-4-6-16(7-5-15)23-17-8-13-2-3-14(19)9-18(13)21-11-17/h2-9,11-12H,1H3. The number of ether oxygens (including phenoxy) is 2. The van der Waals surface area contributed by atoms with Gasteiger partial charge in [0, 0.05) is 9.86 Å². The van der Waals surface area contributed by atoms with E-state index in [0.29, 0.717) is 17.2 Å². The summed E-state index contributed by atoms with van der Waals surface area (Å²) in [6, 6.07) is 17.0. The maximum atomic E-state index is 8.74. The quantitative estimate of drug-likeness (QED) is 0.644. The predicted molar refractivity (Wildman–Crippen MR) is 91.7 cm³/mol. The Morgan fingerprint density at radius 1 is 1.04 bits per heavy atom.